The van der Waals surface area contributed by atoms with Gasteiger partial charge in [0, 0.05) is 35.8 Å². The number of amides is 1. The van der Waals surface area contributed by atoms with Gasteiger partial charge in [-0.15, -0.1) is 0 Å². The van der Waals surface area contributed by atoms with Gasteiger partial charge in [-0.2, -0.15) is 5.10 Å². The molecule has 0 bridgehead atoms. The van der Waals surface area contributed by atoms with E-state index < -0.39 is 5.82 Å². The maximum Gasteiger partial charge on any atom is 0.242 e. The van der Waals surface area contributed by atoms with E-state index in [2.05, 4.69) is 15.7 Å². The van der Waals surface area contributed by atoms with Crippen LogP contribution in [-0.2, 0) is 17.9 Å². The van der Waals surface area contributed by atoms with Crippen molar-refractivity contribution in [1.29, 1.82) is 0 Å². The van der Waals surface area contributed by atoms with Crippen molar-refractivity contribution >= 4 is 17.5 Å². The third kappa shape index (κ3) is 4.13. The van der Waals surface area contributed by atoms with Crippen LogP contribution in [-0.4, -0.2) is 28.8 Å². The van der Waals surface area contributed by atoms with Crippen molar-refractivity contribution < 1.29 is 9.18 Å². The van der Waals surface area contributed by atoms with E-state index in [-0.39, 0.29) is 19.0 Å². The Balaban J connectivity index is 1.54. The monoisotopic (exact) mass is 350 g/mol. The minimum absolute atomic E-state index is 0.0605. The van der Waals surface area contributed by atoms with E-state index in [0.717, 1.165) is 31.6 Å². The second-order valence-electron chi connectivity index (χ2n) is 5.96. The molecule has 1 amide bonds. The van der Waals surface area contributed by atoms with Crippen LogP contribution in [0.4, 0.5) is 4.39 Å². The highest BCUT2D eigenvalue weighted by Gasteiger charge is 2.18. The second-order valence-corrected chi connectivity index (χ2v) is 6.37. The second kappa shape index (κ2) is 7.77. The Bertz CT molecular complexity index is 692. The molecule has 5 nitrogen and oxygen atoms in total. The van der Waals surface area contributed by atoms with Crippen LogP contribution in [0.25, 0.3) is 0 Å². The topological polar surface area (TPSA) is 59.0 Å². The third-order valence-electron chi connectivity index (χ3n) is 4.21. The molecule has 1 aliphatic rings. The summed E-state index contributed by atoms with van der Waals surface area (Å²) in [5.41, 5.74) is 1.30. The Morgan fingerprint density at radius 3 is 3.08 bits per heavy atom. The molecule has 1 aromatic heterocycles. The molecule has 0 unspecified atom stereocenters. The minimum Gasteiger partial charge on any atom is -0.350 e. The normalized spacial score (nSPS) is 17.7. The molecular weight excluding hydrogens is 331 g/mol. The van der Waals surface area contributed by atoms with Gasteiger partial charge in [0.2, 0.25) is 5.91 Å². The van der Waals surface area contributed by atoms with Crippen LogP contribution in [0.3, 0.4) is 0 Å². The average molecular weight is 351 g/mol. The van der Waals surface area contributed by atoms with Crippen molar-refractivity contribution in [3.63, 3.8) is 0 Å². The number of aromatic nitrogens is 2. The number of nitrogens with one attached hydrogen (secondary N) is 2. The van der Waals surface area contributed by atoms with Crippen LogP contribution in [0.1, 0.15) is 30.0 Å². The number of benzene rings is 1. The molecule has 128 valence electrons. The number of rotatable bonds is 5. The quantitative estimate of drug-likeness (QED) is 0.871. The molecular formula is C17H20ClFN4O. The summed E-state index contributed by atoms with van der Waals surface area (Å²) in [4.78, 5) is 12.0. The molecule has 0 saturated carbocycles. The van der Waals surface area contributed by atoms with Crippen LogP contribution in [0.15, 0.2) is 30.5 Å². The standard InChI is InChI=1S/C17H20ClFN4O/c18-14-4-1-5-15(19)13(14)10-21-17(24)11-23-8-6-16(22-23)12-3-2-7-20-9-12/h1,4-6,8,12,20H,2-3,7,9-11H2,(H,21,24)/t12-/m0/s1. The summed E-state index contributed by atoms with van der Waals surface area (Å²) in [7, 11) is 0. The number of carbonyl (C=O) groups is 1. The van der Waals surface area contributed by atoms with Crippen LogP contribution in [0, 0.1) is 5.82 Å². The van der Waals surface area contributed by atoms with E-state index in [9.17, 15) is 9.18 Å². The lowest BCUT2D eigenvalue weighted by atomic mass is 9.97. The lowest BCUT2D eigenvalue weighted by Crippen LogP contribution is -2.29. The van der Waals surface area contributed by atoms with Gasteiger partial charge in [0.25, 0.3) is 0 Å². The van der Waals surface area contributed by atoms with E-state index in [1.54, 1.807) is 16.9 Å². The Morgan fingerprint density at radius 1 is 1.46 bits per heavy atom. The first-order valence-electron chi connectivity index (χ1n) is 8.07. The van der Waals surface area contributed by atoms with Crippen molar-refractivity contribution in [3.8, 4) is 0 Å². The first-order valence-corrected chi connectivity index (χ1v) is 8.45. The molecule has 0 aliphatic carbocycles. The zero-order valence-corrected chi connectivity index (χ0v) is 14.0. The first kappa shape index (κ1) is 16.9. The van der Waals surface area contributed by atoms with Gasteiger partial charge in [-0.1, -0.05) is 17.7 Å². The molecule has 7 heteroatoms. The van der Waals surface area contributed by atoms with Crippen molar-refractivity contribution in [3.05, 3.63) is 52.6 Å². The van der Waals surface area contributed by atoms with Gasteiger partial charge >= 0.3 is 0 Å². The van der Waals surface area contributed by atoms with Gasteiger partial charge in [0.15, 0.2) is 0 Å². The molecule has 2 heterocycles. The highest BCUT2D eigenvalue weighted by molar-refractivity contribution is 6.31. The Hall–Kier alpha value is -1.92. The predicted molar refractivity (Wildman–Crippen MR) is 90.3 cm³/mol. The molecule has 3 rings (SSSR count). The van der Waals surface area contributed by atoms with E-state index in [4.69, 9.17) is 11.6 Å². The minimum atomic E-state index is -0.422. The van der Waals surface area contributed by atoms with Crippen molar-refractivity contribution in [1.82, 2.24) is 20.4 Å². The molecule has 1 fully saturated rings. The maximum atomic E-state index is 13.7. The molecule has 1 aliphatic heterocycles. The van der Waals surface area contributed by atoms with Gasteiger partial charge in [0.05, 0.1) is 5.69 Å². The van der Waals surface area contributed by atoms with E-state index in [1.165, 1.54) is 12.1 Å². The number of piperidine rings is 1. The third-order valence-corrected chi connectivity index (χ3v) is 4.56. The smallest absolute Gasteiger partial charge is 0.242 e. The maximum absolute atomic E-state index is 13.7. The SMILES string of the molecule is O=C(Cn1ccc([C@H]2CCCNC2)n1)NCc1c(F)cccc1Cl. The van der Waals surface area contributed by atoms with Crippen molar-refractivity contribution in [2.75, 3.05) is 13.1 Å². The summed E-state index contributed by atoms with van der Waals surface area (Å²) in [5.74, 6) is -0.250. The number of halogens is 2. The Morgan fingerprint density at radius 2 is 2.33 bits per heavy atom. The van der Waals surface area contributed by atoms with E-state index in [0.29, 0.717) is 16.5 Å². The predicted octanol–water partition coefficient (Wildman–Crippen LogP) is 2.46. The molecule has 2 aromatic rings. The van der Waals surface area contributed by atoms with Crippen LogP contribution < -0.4 is 10.6 Å². The number of nitrogens with zero attached hydrogens (tertiary/aromatic N) is 2. The summed E-state index contributed by atoms with van der Waals surface area (Å²) < 4.78 is 15.3. The van der Waals surface area contributed by atoms with Crippen LogP contribution in [0.5, 0.6) is 0 Å². The molecule has 0 spiro atoms. The average Bonchev–Trinajstić information content (AvgIpc) is 3.03. The van der Waals surface area contributed by atoms with Gasteiger partial charge < -0.3 is 10.6 Å². The zero-order chi connectivity index (χ0) is 16.9. The van der Waals surface area contributed by atoms with Crippen molar-refractivity contribution in [2.24, 2.45) is 0 Å². The fourth-order valence-electron chi connectivity index (χ4n) is 2.88. The summed E-state index contributed by atoms with van der Waals surface area (Å²) in [6.45, 7) is 2.14. The summed E-state index contributed by atoms with van der Waals surface area (Å²) >= 11 is 5.95. The van der Waals surface area contributed by atoms with Gasteiger partial charge in [-0.3, -0.25) is 9.48 Å². The largest absolute Gasteiger partial charge is 0.350 e. The van der Waals surface area contributed by atoms with Crippen molar-refractivity contribution in [2.45, 2.75) is 31.8 Å². The zero-order valence-electron chi connectivity index (χ0n) is 13.3. The van der Waals surface area contributed by atoms with E-state index >= 15 is 0 Å². The van der Waals surface area contributed by atoms with Crippen LogP contribution >= 0.6 is 11.6 Å². The van der Waals surface area contributed by atoms with Gasteiger partial charge in [-0.05, 0) is 37.6 Å². The highest BCUT2D eigenvalue weighted by Crippen LogP contribution is 2.21. The number of hydrogen-bond donors (Lipinski definition) is 2. The highest BCUT2D eigenvalue weighted by atomic mass is 35.5. The number of carbonyl (C=O) groups excluding carboxylic acids is 1. The molecule has 24 heavy (non-hydrogen) atoms. The first-order chi connectivity index (χ1) is 11.6. The fraction of sp³-hybridized carbons (Fsp3) is 0.412. The number of hydrogen-bond acceptors (Lipinski definition) is 3. The van der Waals surface area contributed by atoms with E-state index in [1.807, 2.05) is 6.07 Å². The molecule has 2 N–H and O–H groups in total. The lowest BCUT2D eigenvalue weighted by Gasteiger charge is -2.20. The molecule has 1 saturated heterocycles. The van der Waals surface area contributed by atoms with Gasteiger partial charge in [0.1, 0.15) is 12.4 Å². The lowest BCUT2D eigenvalue weighted by molar-refractivity contribution is -0.122. The summed E-state index contributed by atoms with van der Waals surface area (Å²) in [6, 6.07) is 6.42. The molecule has 1 aromatic carbocycles. The molecule has 1 atom stereocenters. The molecule has 0 radical (unpaired) electrons. The summed E-state index contributed by atoms with van der Waals surface area (Å²) in [6.07, 6.45) is 4.06. The van der Waals surface area contributed by atoms with Gasteiger partial charge in [-0.25, -0.2) is 4.39 Å². The Labute approximate surface area is 145 Å². The van der Waals surface area contributed by atoms with Crippen LogP contribution in [0.2, 0.25) is 5.02 Å². The Kier molecular flexibility index (Phi) is 5.48. The fourth-order valence-corrected chi connectivity index (χ4v) is 3.11. The summed E-state index contributed by atoms with van der Waals surface area (Å²) in [5, 5.41) is 10.8.